The zero-order valence-electron chi connectivity index (χ0n) is 18.8. The predicted octanol–water partition coefficient (Wildman–Crippen LogP) is 3.17. The Morgan fingerprint density at radius 2 is 1.87 bits per heavy atom. The summed E-state index contributed by atoms with van der Waals surface area (Å²) in [5, 5.41) is 10.4. The highest BCUT2D eigenvalue weighted by Crippen LogP contribution is 2.40. The van der Waals surface area contributed by atoms with Gasteiger partial charge in [-0.05, 0) is 19.8 Å². The van der Waals surface area contributed by atoms with Crippen molar-refractivity contribution in [3.63, 3.8) is 0 Å². The molecule has 0 unspecified atom stereocenters. The van der Waals surface area contributed by atoms with Crippen molar-refractivity contribution < 1.29 is 9.13 Å². The number of hydrogen-bond donors (Lipinski definition) is 2. The largest absolute Gasteiger partial charge is 0.377 e. The van der Waals surface area contributed by atoms with Gasteiger partial charge in [0.05, 0.1) is 18.8 Å². The highest BCUT2D eigenvalue weighted by atomic mass is 19.1. The highest BCUT2D eigenvalue weighted by molar-refractivity contribution is 5.59. The van der Waals surface area contributed by atoms with Crippen LogP contribution in [0, 0.1) is 5.82 Å². The van der Waals surface area contributed by atoms with E-state index in [1.54, 1.807) is 0 Å². The summed E-state index contributed by atoms with van der Waals surface area (Å²) < 4.78 is 21.0. The average Bonchev–Trinajstić information content (AvgIpc) is 3.45. The van der Waals surface area contributed by atoms with Gasteiger partial charge in [-0.2, -0.15) is 9.49 Å². The number of anilines is 3. The summed E-state index contributed by atoms with van der Waals surface area (Å²) in [5.74, 6) is 1.83. The molecule has 2 N–H and O–H groups in total. The number of aromatic amines is 1. The number of H-pyrrole nitrogens is 1. The molecule has 0 aromatic carbocycles. The molecule has 1 saturated carbocycles. The molecular formula is C22H32FN7O. The average molecular weight is 430 g/mol. The second-order valence-corrected chi connectivity index (χ2v) is 10.3. The van der Waals surface area contributed by atoms with Crippen molar-refractivity contribution in [3.05, 3.63) is 23.4 Å². The second kappa shape index (κ2) is 7.41. The van der Waals surface area contributed by atoms with E-state index in [-0.39, 0.29) is 16.8 Å². The molecule has 4 heterocycles. The fourth-order valence-corrected chi connectivity index (χ4v) is 4.20. The molecule has 2 aliphatic heterocycles. The van der Waals surface area contributed by atoms with Crippen molar-refractivity contribution in [2.24, 2.45) is 0 Å². The van der Waals surface area contributed by atoms with E-state index in [1.807, 2.05) is 6.07 Å². The number of hydrogen-bond acceptors (Lipinski definition) is 7. The van der Waals surface area contributed by atoms with Crippen molar-refractivity contribution in [1.82, 2.24) is 25.1 Å². The Balaban J connectivity index is 1.38. The maximum absolute atomic E-state index is 15.6. The maximum atomic E-state index is 15.6. The van der Waals surface area contributed by atoms with Crippen molar-refractivity contribution in [2.45, 2.75) is 57.4 Å². The molecule has 0 radical (unpaired) electrons. The van der Waals surface area contributed by atoms with Gasteiger partial charge in [-0.15, -0.1) is 0 Å². The molecule has 2 aromatic rings. The first kappa shape index (κ1) is 20.6. The molecule has 3 fully saturated rings. The predicted molar refractivity (Wildman–Crippen MR) is 118 cm³/mol. The summed E-state index contributed by atoms with van der Waals surface area (Å²) in [4.78, 5) is 13.7. The molecule has 5 rings (SSSR count). The van der Waals surface area contributed by atoms with Gasteiger partial charge in [-0.25, -0.2) is 9.97 Å². The smallest absolute Gasteiger partial charge is 0.208 e. The van der Waals surface area contributed by atoms with Crippen LogP contribution in [0.1, 0.15) is 58.0 Å². The number of rotatable bonds is 5. The first-order chi connectivity index (χ1) is 14.7. The molecule has 8 nitrogen and oxygen atoms in total. The fourth-order valence-electron chi connectivity index (χ4n) is 4.20. The molecule has 31 heavy (non-hydrogen) atoms. The van der Waals surface area contributed by atoms with Crippen LogP contribution in [-0.2, 0) is 10.2 Å². The third-order valence-corrected chi connectivity index (χ3v) is 6.59. The van der Waals surface area contributed by atoms with Crippen LogP contribution in [0.4, 0.5) is 21.8 Å². The number of aromatic nitrogens is 4. The monoisotopic (exact) mass is 429 g/mol. The van der Waals surface area contributed by atoms with Crippen LogP contribution in [0.5, 0.6) is 0 Å². The van der Waals surface area contributed by atoms with Gasteiger partial charge < -0.3 is 15.0 Å². The molecule has 0 amide bonds. The van der Waals surface area contributed by atoms with E-state index >= 15 is 4.39 Å². The van der Waals surface area contributed by atoms with E-state index in [9.17, 15) is 0 Å². The number of piperazine rings is 1. The van der Waals surface area contributed by atoms with Gasteiger partial charge in [0.1, 0.15) is 5.82 Å². The van der Waals surface area contributed by atoms with Crippen LogP contribution in [0.2, 0.25) is 0 Å². The van der Waals surface area contributed by atoms with Crippen molar-refractivity contribution in [1.29, 1.82) is 0 Å². The first-order valence-corrected chi connectivity index (χ1v) is 11.2. The number of ether oxygens (including phenoxy) is 1. The SMILES string of the molecule is CC(C)(C)c1cc(Nc2nc(C3CC3)nc(N3CCN(C4(C)COC4)CC3)c2F)n[nH]1. The van der Waals surface area contributed by atoms with E-state index in [2.05, 4.69) is 63.0 Å². The Hall–Kier alpha value is -2.26. The summed E-state index contributed by atoms with van der Waals surface area (Å²) in [6.07, 6.45) is 2.13. The maximum Gasteiger partial charge on any atom is 0.208 e. The molecule has 168 valence electrons. The molecule has 0 bridgehead atoms. The van der Waals surface area contributed by atoms with Crippen LogP contribution in [0.15, 0.2) is 6.07 Å². The molecule has 9 heteroatoms. The minimum Gasteiger partial charge on any atom is -0.377 e. The Morgan fingerprint density at radius 1 is 1.16 bits per heavy atom. The fraction of sp³-hybridized carbons (Fsp3) is 0.682. The van der Waals surface area contributed by atoms with Crippen LogP contribution < -0.4 is 10.2 Å². The lowest BCUT2D eigenvalue weighted by Crippen LogP contribution is -2.64. The Morgan fingerprint density at radius 3 is 2.42 bits per heavy atom. The standard InChI is InChI=1S/C22H32FN7O/c1-21(2,3)15-11-16(28-27-15)24-19-17(23)20(26-18(25-19)14-5-6-14)29-7-9-30(10-8-29)22(4)12-31-13-22/h11,14H,5-10,12-13H2,1-4H3,(H2,24,25,26,27,28). The summed E-state index contributed by atoms with van der Waals surface area (Å²) >= 11 is 0. The zero-order valence-corrected chi connectivity index (χ0v) is 18.8. The van der Waals surface area contributed by atoms with Gasteiger partial charge in [0, 0.05) is 49.3 Å². The Bertz CT molecular complexity index is 953. The van der Waals surface area contributed by atoms with E-state index < -0.39 is 5.82 Å². The lowest BCUT2D eigenvalue weighted by Gasteiger charge is -2.50. The van der Waals surface area contributed by atoms with Gasteiger partial charge in [-0.3, -0.25) is 10.00 Å². The molecule has 0 atom stereocenters. The number of halogens is 1. The van der Waals surface area contributed by atoms with Crippen LogP contribution in [-0.4, -0.2) is 70.0 Å². The number of nitrogens with zero attached hydrogens (tertiary/aromatic N) is 5. The van der Waals surface area contributed by atoms with E-state index in [1.165, 1.54) is 0 Å². The first-order valence-electron chi connectivity index (χ1n) is 11.2. The highest BCUT2D eigenvalue weighted by Gasteiger charge is 2.41. The third kappa shape index (κ3) is 4.01. The van der Waals surface area contributed by atoms with Gasteiger partial charge in [0.25, 0.3) is 0 Å². The molecule has 1 aliphatic carbocycles. The lowest BCUT2D eigenvalue weighted by atomic mass is 9.92. The minimum atomic E-state index is -0.406. The van der Waals surface area contributed by atoms with E-state index in [4.69, 9.17) is 4.74 Å². The van der Waals surface area contributed by atoms with Crippen molar-refractivity contribution in [2.75, 3.05) is 49.6 Å². The normalized spacial score (nSPS) is 21.8. The van der Waals surface area contributed by atoms with Crippen LogP contribution in [0.25, 0.3) is 0 Å². The molecule has 2 saturated heterocycles. The van der Waals surface area contributed by atoms with E-state index in [0.717, 1.165) is 63.8 Å². The Kier molecular flexibility index (Phi) is 4.93. The molecule has 2 aromatic heterocycles. The summed E-state index contributed by atoms with van der Waals surface area (Å²) in [6, 6.07) is 1.91. The quantitative estimate of drug-likeness (QED) is 0.755. The topological polar surface area (TPSA) is 82.2 Å². The van der Waals surface area contributed by atoms with Crippen LogP contribution in [0.3, 0.4) is 0 Å². The summed E-state index contributed by atoms with van der Waals surface area (Å²) in [7, 11) is 0. The molecular weight excluding hydrogens is 397 g/mol. The number of nitrogens with one attached hydrogen (secondary N) is 2. The van der Waals surface area contributed by atoms with Crippen molar-refractivity contribution in [3.8, 4) is 0 Å². The van der Waals surface area contributed by atoms with Crippen molar-refractivity contribution >= 4 is 17.5 Å². The zero-order chi connectivity index (χ0) is 21.8. The van der Waals surface area contributed by atoms with Gasteiger partial charge in [0.2, 0.25) is 5.82 Å². The summed E-state index contributed by atoms with van der Waals surface area (Å²) in [6.45, 7) is 13.3. The van der Waals surface area contributed by atoms with Gasteiger partial charge in [0.15, 0.2) is 17.5 Å². The second-order valence-electron chi connectivity index (χ2n) is 10.3. The Labute approximate surface area is 182 Å². The third-order valence-electron chi connectivity index (χ3n) is 6.59. The van der Waals surface area contributed by atoms with Crippen LogP contribution >= 0.6 is 0 Å². The van der Waals surface area contributed by atoms with Gasteiger partial charge >= 0.3 is 0 Å². The van der Waals surface area contributed by atoms with E-state index in [0.29, 0.717) is 17.6 Å². The molecule has 0 spiro atoms. The summed E-state index contributed by atoms with van der Waals surface area (Å²) in [5.41, 5.74) is 1.03. The lowest BCUT2D eigenvalue weighted by molar-refractivity contribution is -0.131. The molecule has 3 aliphatic rings. The van der Waals surface area contributed by atoms with Gasteiger partial charge in [-0.1, -0.05) is 20.8 Å². The minimum absolute atomic E-state index is 0.0662.